The van der Waals surface area contributed by atoms with Crippen molar-refractivity contribution in [2.75, 3.05) is 12.3 Å². The Bertz CT molecular complexity index is 1030. The number of hydrogen-bond donors (Lipinski definition) is 2. The average molecular weight is 348 g/mol. The van der Waals surface area contributed by atoms with Gasteiger partial charge in [-0.05, 0) is 47.8 Å². The van der Waals surface area contributed by atoms with Crippen LogP contribution in [0.2, 0.25) is 0 Å². The third kappa shape index (κ3) is 2.95. The van der Waals surface area contributed by atoms with Crippen LogP contribution in [0.25, 0.3) is 33.7 Å². The van der Waals surface area contributed by atoms with Gasteiger partial charge >= 0.3 is 0 Å². The largest absolute Gasteiger partial charge is 0.397 e. The lowest BCUT2D eigenvalue weighted by atomic mass is 10.0. The molecule has 0 aliphatic heterocycles. The van der Waals surface area contributed by atoms with E-state index in [-0.39, 0.29) is 6.61 Å². The summed E-state index contributed by atoms with van der Waals surface area (Å²) >= 11 is 1.33. The van der Waals surface area contributed by atoms with E-state index in [9.17, 15) is 5.11 Å². The number of nitrogen functional groups attached to an aromatic ring is 1. The molecule has 0 saturated carbocycles. The highest BCUT2D eigenvalue weighted by Gasteiger charge is 2.12. The number of fused-ring (bicyclic) bond motifs is 1. The summed E-state index contributed by atoms with van der Waals surface area (Å²) in [4.78, 5) is 13.4. The molecule has 0 spiro atoms. The molecule has 0 unspecified atom stereocenters. The van der Waals surface area contributed by atoms with Crippen LogP contribution in [-0.2, 0) is 6.42 Å². The molecule has 123 valence electrons. The highest BCUT2D eigenvalue weighted by atomic mass is 32.1. The van der Waals surface area contributed by atoms with Crippen LogP contribution < -0.4 is 5.73 Å². The first-order valence-corrected chi connectivity index (χ1v) is 8.54. The van der Waals surface area contributed by atoms with E-state index in [0.29, 0.717) is 28.8 Å². The molecular weight excluding hydrogens is 334 g/mol. The van der Waals surface area contributed by atoms with Crippen LogP contribution in [0, 0.1) is 6.07 Å². The fraction of sp³-hybridized carbons (Fsp3) is 0.111. The highest BCUT2D eigenvalue weighted by molar-refractivity contribution is 7.03. The van der Waals surface area contributed by atoms with Crippen molar-refractivity contribution in [2.45, 2.75) is 6.42 Å². The van der Waals surface area contributed by atoms with E-state index >= 15 is 0 Å². The van der Waals surface area contributed by atoms with Crippen LogP contribution in [0.4, 0.5) is 5.69 Å². The van der Waals surface area contributed by atoms with Gasteiger partial charge in [-0.25, -0.2) is 9.97 Å². The van der Waals surface area contributed by atoms with Crippen LogP contribution in [0.3, 0.4) is 0 Å². The Morgan fingerprint density at radius 1 is 1.16 bits per heavy atom. The monoisotopic (exact) mass is 348 g/mol. The summed E-state index contributed by atoms with van der Waals surface area (Å²) in [5, 5.41) is 11.0. The molecule has 4 rings (SSSR count). The first-order chi connectivity index (χ1) is 12.3. The number of aromatic nitrogens is 4. The Labute approximate surface area is 148 Å². The van der Waals surface area contributed by atoms with E-state index in [4.69, 9.17) is 5.73 Å². The molecule has 0 aromatic carbocycles. The summed E-state index contributed by atoms with van der Waals surface area (Å²) in [5.41, 5.74) is 12.1. The normalized spacial score (nSPS) is 11.1. The van der Waals surface area contributed by atoms with E-state index < -0.39 is 0 Å². The van der Waals surface area contributed by atoms with E-state index in [1.165, 1.54) is 11.5 Å². The molecule has 3 N–H and O–H groups in total. The highest BCUT2D eigenvalue weighted by Crippen LogP contribution is 2.29. The lowest BCUT2D eigenvalue weighted by molar-refractivity contribution is 0.300. The van der Waals surface area contributed by atoms with Crippen molar-refractivity contribution in [3.8, 4) is 22.6 Å². The second-order valence-corrected chi connectivity index (χ2v) is 6.10. The van der Waals surface area contributed by atoms with Gasteiger partial charge in [-0.15, -0.1) is 0 Å². The molecule has 0 bridgehead atoms. The van der Waals surface area contributed by atoms with Gasteiger partial charge in [-0.3, -0.25) is 4.98 Å². The van der Waals surface area contributed by atoms with E-state index in [0.717, 1.165) is 22.5 Å². The minimum absolute atomic E-state index is 0.0646. The Morgan fingerprint density at radius 3 is 2.88 bits per heavy atom. The van der Waals surface area contributed by atoms with Crippen LogP contribution in [0.15, 0.2) is 42.0 Å². The maximum Gasteiger partial charge on any atom is 0.112 e. The summed E-state index contributed by atoms with van der Waals surface area (Å²) < 4.78 is 4.25. The number of pyridine rings is 3. The molecule has 0 amide bonds. The van der Waals surface area contributed by atoms with Crippen LogP contribution in [0.5, 0.6) is 0 Å². The van der Waals surface area contributed by atoms with E-state index in [2.05, 4.69) is 25.4 Å². The minimum Gasteiger partial charge on any atom is -0.397 e. The van der Waals surface area contributed by atoms with Crippen molar-refractivity contribution in [3.63, 3.8) is 0 Å². The Hall–Kier alpha value is -2.90. The Morgan fingerprint density at radius 2 is 2.08 bits per heavy atom. The summed E-state index contributed by atoms with van der Waals surface area (Å²) in [5.74, 6) is 0. The van der Waals surface area contributed by atoms with Crippen molar-refractivity contribution in [1.29, 1.82) is 0 Å². The van der Waals surface area contributed by atoms with E-state index in [1.807, 2.05) is 18.2 Å². The van der Waals surface area contributed by atoms with Gasteiger partial charge in [0.2, 0.25) is 0 Å². The molecule has 25 heavy (non-hydrogen) atoms. The molecule has 4 aromatic rings. The van der Waals surface area contributed by atoms with Gasteiger partial charge in [0, 0.05) is 36.0 Å². The van der Waals surface area contributed by atoms with Crippen molar-refractivity contribution >= 4 is 28.3 Å². The zero-order chi connectivity index (χ0) is 17.2. The number of nitrogens with two attached hydrogens (primary N) is 1. The van der Waals surface area contributed by atoms with Gasteiger partial charge in [0.25, 0.3) is 0 Å². The second-order valence-electron chi connectivity index (χ2n) is 5.47. The fourth-order valence-corrected chi connectivity index (χ4v) is 3.17. The summed E-state index contributed by atoms with van der Waals surface area (Å²) in [7, 11) is 0. The lowest BCUT2D eigenvalue weighted by Crippen LogP contribution is -1.99. The average Bonchev–Trinajstić information content (AvgIpc) is 3.17. The van der Waals surface area contributed by atoms with Crippen molar-refractivity contribution in [2.24, 2.45) is 0 Å². The number of hydrogen-bond acceptors (Lipinski definition) is 7. The summed E-state index contributed by atoms with van der Waals surface area (Å²) in [6, 6.07) is 10.5. The third-order valence-corrected chi connectivity index (χ3v) is 4.40. The maximum atomic E-state index is 9.25. The molecule has 0 saturated heterocycles. The van der Waals surface area contributed by atoms with Crippen LogP contribution >= 0.6 is 11.5 Å². The molecule has 0 atom stereocenters. The Balaban J connectivity index is 1.85. The molecule has 0 fully saturated rings. The standard InChI is InChI=1S/C18H14N5OS/c19-13-9-17(12-10-20-6-3-11(12)4-7-24)21-16-2-1-14(22-18(13)16)15-5-8-25-23-15/h1-3,6,8-10,24H,4,7H2,(H2,19,21). The third-order valence-electron chi connectivity index (χ3n) is 3.88. The summed E-state index contributed by atoms with van der Waals surface area (Å²) in [6.07, 6.45) is 3.98. The lowest BCUT2D eigenvalue weighted by Gasteiger charge is -2.10. The smallest absolute Gasteiger partial charge is 0.112 e. The van der Waals surface area contributed by atoms with Crippen LogP contribution in [0.1, 0.15) is 5.56 Å². The molecule has 7 heteroatoms. The van der Waals surface area contributed by atoms with Crippen molar-refractivity contribution in [3.05, 3.63) is 53.7 Å². The predicted octanol–water partition coefficient (Wildman–Crippen LogP) is 2.73. The number of aliphatic hydroxyl groups is 1. The fourth-order valence-electron chi connectivity index (χ4n) is 2.70. The quantitative estimate of drug-likeness (QED) is 0.588. The van der Waals surface area contributed by atoms with Crippen molar-refractivity contribution in [1.82, 2.24) is 19.3 Å². The number of aliphatic hydroxyl groups excluding tert-OH is 1. The molecular formula is C18H14N5OS. The molecule has 6 nitrogen and oxygen atoms in total. The van der Waals surface area contributed by atoms with Crippen LogP contribution in [-0.4, -0.2) is 31.0 Å². The SMILES string of the molecule is Nc1cc(-c2cnccc2CCO)nc2ccc(-c3[c]csn3)nc12. The molecule has 4 aromatic heterocycles. The zero-order valence-corrected chi connectivity index (χ0v) is 14.0. The van der Waals surface area contributed by atoms with Gasteiger partial charge in [0.05, 0.1) is 22.6 Å². The zero-order valence-electron chi connectivity index (χ0n) is 13.2. The van der Waals surface area contributed by atoms with Gasteiger partial charge in [0.15, 0.2) is 0 Å². The number of rotatable bonds is 4. The van der Waals surface area contributed by atoms with Gasteiger partial charge in [-0.2, -0.15) is 4.37 Å². The van der Waals surface area contributed by atoms with Gasteiger partial charge in [0.1, 0.15) is 11.2 Å². The van der Waals surface area contributed by atoms with E-state index in [1.54, 1.807) is 23.8 Å². The van der Waals surface area contributed by atoms with Gasteiger partial charge in [-0.1, -0.05) is 0 Å². The molecule has 1 radical (unpaired) electrons. The first-order valence-electron chi connectivity index (χ1n) is 7.70. The van der Waals surface area contributed by atoms with Crippen molar-refractivity contribution < 1.29 is 5.11 Å². The topological polar surface area (TPSA) is 97.8 Å². The maximum absolute atomic E-state index is 9.25. The van der Waals surface area contributed by atoms with Gasteiger partial charge < -0.3 is 10.8 Å². The first kappa shape index (κ1) is 15.6. The minimum atomic E-state index is 0.0646. The molecule has 0 aliphatic carbocycles. The number of anilines is 1. The molecule has 4 heterocycles. The second kappa shape index (κ2) is 6.54. The Kier molecular flexibility index (Phi) is 4.09. The number of nitrogens with zero attached hydrogens (tertiary/aromatic N) is 4. The summed E-state index contributed by atoms with van der Waals surface area (Å²) in [6.45, 7) is 0.0646. The predicted molar refractivity (Wildman–Crippen MR) is 97.9 cm³/mol. The molecule has 0 aliphatic rings.